The molecule has 4 rings (SSSR count). The molecule has 4 N–H and O–H groups in total. The number of aliphatic hydroxyl groups excluding tert-OH is 1. The normalized spacial score (nSPS) is 18.1. The van der Waals surface area contributed by atoms with Gasteiger partial charge in [-0.15, -0.1) is 0 Å². The lowest BCUT2D eigenvalue weighted by molar-refractivity contribution is -0.111. The Morgan fingerprint density at radius 2 is 2.18 bits per heavy atom. The average Bonchev–Trinajstić information content (AvgIpc) is 3.26. The number of rotatable bonds is 8. The quantitative estimate of drug-likeness (QED) is 0.427. The number of nitrogens with zero attached hydrogens (tertiary/aromatic N) is 3. The number of pyridine rings is 1. The van der Waals surface area contributed by atoms with Crippen molar-refractivity contribution in [1.82, 2.24) is 15.1 Å². The second-order valence-corrected chi connectivity index (χ2v) is 8.20. The number of hydrogen-bond donors (Lipinski definition) is 3. The zero-order valence-electron chi connectivity index (χ0n) is 18.0. The highest BCUT2D eigenvalue weighted by Crippen LogP contribution is 2.38. The van der Waals surface area contributed by atoms with Gasteiger partial charge in [-0.1, -0.05) is 28.9 Å². The molecule has 33 heavy (non-hydrogen) atoms. The van der Waals surface area contributed by atoms with Crippen LogP contribution < -0.4 is 11.1 Å². The van der Waals surface area contributed by atoms with Crippen LogP contribution in [-0.2, 0) is 9.53 Å². The molecule has 1 amide bonds. The predicted molar refractivity (Wildman–Crippen MR) is 123 cm³/mol. The Hall–Kier alpha value is -3.27. The van der Waals surface area contributed by atoms with Gasteiger partial charge in [-0.2, -0.15) is 4.98 Å². The van der Waals surface area contributed by atoms with E-state index in [1.807, 2.05) is 19.1 Å². The number of nitrogens with two attached hydrogens (primary N) is 1. The van der Waals surface area contributed by atoms with Crippen LogP contribution in [0.5, 0.6) is 0 Å². The number of aromatic nitrogens is 3. The van der Waals surface area contributed by atoms with Crippen molar-refractivity contribution < 1.29 is 19.2 Å². The molecule has 0 aliphatic heterocycles. The molecule has 0 atom stereocenters. The van der Waals surface area contributed by atoms with Gasteiger partial charge in [0.25, 0.3) is 5.91 Å². The van der Waals surface area contributed by atoms with Crippen molar-refractivity contribution in [3.8, 4) is 11.4 Å². The Balaban J connectivity index is 1.47. The maximum atomic E-state index is 12.9. The van der Waals surface area contributed by atoms with Crippen LogP contribution in [0.15, 0.2) is 47.3 Å². The van der Waals surface area contributed by atoms with Crippen LogP contribution in [0, 0.1) is 6.92 Å². The molecule has 2 heterocycles. The van der Waals surface area contributed by atoms with Gasteiger partial charge in [-0.05, 0) is 43.5 Å². The number of hydrogen-bond acceptors (Lipinski definition) is 8. The summed E-state index contributed by atoms with van der Waals surface area (Å²) >= 11 is 5.88. The lowest BCUT2D eigenvalue weighted by Crippen LogP contribution is -2.30. The minimum Gasteiger partial charge on any atom is -0.404 e. The molecule has 172 valence electrons. The van der Waals surface area contributed by atoms with Crippen LogP contribution in [0.4, 0.5) is 5.69 Å². The van der Waals surface area contributed by atoms with Gasteiger partial charge in [0.1, 0.15) is 0 Å². The zero-order chi connectivity index (χ0) is 23.4. The van der Waals surface area contributed by atoms with Crippen molar-refractivity contribution in [2.24, 2.45) is 5.73 Å². The molecule has 1 aliphatic carbocycles. The predicted octanol–water partition coefficient (Wildman–Crippen LogP) is 3.29. The summed E-state index contributed by atoms with van der Waals surface area (Å²) in [6.07, 6.45) is 4.34. The summed E-state index contributed by atoms with van der Waals surface area (Å²) in [6, 6.07) is 8.80. The van der Waals surface area contributed by atoms with Crippen molar-refractivity contribution in [3.63, 3.8) is 0 Å². The van der Waals surface area contributed by atoms with E-state index in [0.29, 0.717) is 40.3 Å². The SMILES string of the molecule is Cc1ccc(-c2noc(C3CC(OCCO)C3)n2)cc1NC(=O)/C(=C/N)c1ccc(Cl)cn1. The standard InChI is InChI=1S/C23H24ClN5O4/c1-13-2-3-14(21-28-23(33-29-21)15-8-17(9-15)32-7-6-30)10-20(13)27-22(31)18(11-25)19-5-4-16(24)12-26-19/h2-5,10-12,15,17,30H,6-9,25H2,1H3,(H,27,31)/b18-11+. The average molecular weight is 470 g/mol. The number of anilines is 1. The van der Waals surface area contributed by atoms with Crippen molar-refractivity contribution in [1.29, 1.82) is 0 Å². The highest BCUT2D eigenvalue weighted by atomic mass is 35.5. The van der Waals surface area contributed by atoms with E-state index in [4.69, 9.17) is 31.7 Å². The van der Waals surface area contributed by atoms with E-state index < -0.39 is 5.91 Å². The summed E-state index contributed by atoms with van der Waals surface area (Å²) < 4.78 is 10.9. The third-order valence-corrected chi connectivity index (χ3v) is 5.71. The van der Waals surface area contributed by atoms with Crippen LogP contribution in [0.3, 0.4) is 0 Å². The Kier molecular flexibility index (Phi) is 7.02. The van der Waals surface area contributed by atoms with Gasteiger partial charge in [0.2, 0.25) is 11.7 Å². The molecule has 0 spiro atoms. The second kappa shape index (κ2) is 10.1. The Morgan fingerprint density at radius 1 is 1.36 bits per heavy atom. The molecule has 0 bridgehead atoms. The van der Waals surface area contributed by atoms with E-state index in [1.165, 1.54) is 12.4 Å². The fourth-order valence-electron chi connectivity index (χ4n) is 3.54. The van der Waals surface area contributed by atoms with Gasteiger partial charge in [-0.25, -0.2) is 0 Å². The van der Waals surface area contributed by atoms with Crippen LogP contribution in [0.25, 0.3) is 17.0 Å². The van der Waals surface area contributed by atoms with Crippen LogP contribution in [0.1, 0.15) is 35.9 Å². The molecule has 2 aromatic heterocycles. The van der Waals surface area contributed by atoms with Crippen LogP contribution in [-0.4, -0.2) is 45.5 Å². The topological polar surface area (TPSA) is 136 Å². The molecule has 10 heteroatoms. The van der Waals surface area contributed by atoms with E-state index in [9.17, 15) is 4.79 Å². The largest absolute Gasteiger partial charge is 0.404 e. The molecule has 9 nitrogen and oxygen atoms in total. The fourth-order valence-corrected chi connectivity index (χ4v) is 3.65. The van der Waals surface area contributed by atoms with Crippen molar-refractivity contribution in [2.45, 2.75) is 31.8 Å². The number of aliphatic hydroxyl groups is 1. The third kappa shape index (κ3) is 5.22. The summed E-state index contributed by atoms with van der Waals surface area (Å²) in [7, 11) is 0. The first kappa shape index (κ1) is 22.9. The van der Waals surface area contributed by atoms with Crippen LogP contribution >= 0.6 is 11.6 Å². The monoisotopic (exact) mass is 469 g/mol. The van der Waals surface area contributed by atoms with E-state index in [1.54, 1.807) is 18.2 Å². The smallest absolute Gasteiger partial charge is 0.259 e. The number of aryl methyl sites for hydroxylation is 1. The minimum absolute atomic E-state index is 0.0109. The number of halogens is 1. The first-order chi connectivity index (χ1) is 16.0. The van der Waals surface area contributed by atoms with Crippen LogP contribution in [0.2, 0.25) is 5.02 Å². The van der Waals surface area contributed by atoms with Crippen molar-refractivity contribution in [3.05, 3.63) is 64.9 Å². The second-order valence-electron chi connectivity index (χ2n) is 7.77. The van der Waals surface area contributed by atoms with Crippen molar-refractivity contribution in [2.75, 3.05) is 18.5 Å². The summed E-state index contributed by atoms with van der Waals surface area (Å²) in [5.41, 5.74) is 8.50. The molecule has 0 saturated heterocycles. The summed E-state index contributed by atoms with van der Waals surface area (Å²) in [5.74, 6) is 0.741. The molecule has 1 fully saturated rings. The van der Waals surface area contributed by atoms with Gasteiger partial charge in [0, 0.05) is 29.6 Å². The summed E-state index contributed by atoms with van der Waals surface area (Å²) in [4.78, 5) is 21.5. The first-order valence-electron chi connectivity index (χ1n) is 10.5. The molecule has 1 aliphatic rings. The lowest BCUT2D eigenvalue weighted by Gasteiger charge is -2.32. The molecule has 1 aromatic carbocycles. The zero-order valence-corrected chi connectivity index (χ0v) is 18.7. The van der Waals surface area contributed by atoms with E-state index >= 15 is 0 Å². The number of ether oxygens (including phenoxy) is 1. The van der Waals surface area contributed by atoms with Gasteiger partial charge in [0.15, 0.2) is 0 Å². The number of carbonyl (C=O) groups is 1. The Bertz CT molecular complexity index is 1160. The highest BCUT2D eigenvalue weighted by Gasteiger charge is 2.35. The van der Waals surface area contributed by atoms with Crippen molar-refractivity contribution >= 4 is 28.8 Å². The van der Waals surface area contributed by atoms with Gasteiger partial charge < -0.3 is 25.4 Å². The Morgan fingerprint density at radius 3 is 2.88 bits per heavy atom. The number of benzene rings is 1. The molecular formula is C23H24ClN5O4. The third-order valence-electron chi connectivity index (χ3n) is 5.49. The van der Waals surface area contributed by atoms with Gasteiger partial charge in [0.05, 0.1) is 35.6 Å². The number of amides is 1. The van der Waals surface area contributed by atoms with E-state index in [2.05, 4.69) is 20.4 Å². The summed E-state index contributed by atoms with van der Waals surface area (Å²) in [6.45, 7) is 2.23. The maximum Gasteiger partial charge on any atom is 0.259 e. The van der Waals surface area contributed by atoms with E-state index in [0.717, 1.165) is 18.4 Å². The molecule has 3 aromatic rings. The molecule has 1 saturated carbocycles. The molecular weight excluding hydrogens is 446 g/mol. The van der Waals surface area contributed by atoms with Gasteiger partial charge in [-0.3, -0.25) is 9.78 Å². The van der Waals surface area contributed by atoms with E-state index in [-0.39, 0.29) is 24.2 Å². The lowest BCUT2D eigenvalue weighted by atomic mass is 9.82. The maximum absolute atomic E-state index is 12.9. The Labute approximate surface area is 195 Å². The minimum atomic E-state index is -0.398. The molecule has 0 radical (unpaired) electrons. The fraction of sp³-hybridized carbons (Fsp3) is 0.304. The first-order valence-corrected chi connectivity index (χ1v) is 10.9. The molecule has 0 unspecified atom stereocenters. The number of nitrogens with one attached hydrogen (secondary N) is 1. The van der Waals surface area contributed by atoms with Gasteiger partial charge >= 0.3 is 0 Å². The summed E-state index contributed by atoms with van der Waals surface area (Å²) in [5, 5.41) is 16.3. The number of carbonyl (C=O) groups excluding carboxylic acids is 1. The highest BCUT2D eigenvalue weighted by molar-refractivity contribution is 6.30.